The van der Waals surface area contributed by atoms with Crippen molar-refractivity contribution in [3.8, 4) is 0 Å². The average molecular weight is 308 g/mol. The van der Waals surface area contributed by atoms with E-state index in [1.54, 1.807) is 4.68 Å². The first-order valence-corrected chi connectivity index (χ1v) is 8.38. The molecule has 0 unspecified atom stereocenters. The third kappa shape index (κ3) is 4.05. The van der Waals surface area contributed by atoms with Crippen molar-refractivity contribution < 1.29 is 8.42 Å². The van der Waals surface area contributed by atoms with Crippen molar-refractivity contribution in [2.75, 3.05) is 12.3 Å². The van der Waals surface area contributed by atoms with Gasteiger partial charge in [-0.05, 0) is 18.4 Å². The molecular formula is C14H20N4O2S. The lowest BCUT2D eigenvalue weighted by molar-refractivity contribution is 0.579. The first-order chi connectivity index (χ1) is 10.0. The number of nitrogens with zero attached hydrogens (tertiary/aromatic N) is 2. The Labute approximate surface area is 125 Å². The molecule has 1 aromatic heterocycles. The Morgan fingerprint density at radius 1 is 1.29 bits per heavy atom. The first-order valence-electron chi connectivity index (χ1n) is 6.89. The number of aromatic nitrogens is 2. The number of hydrogen-bond acceptors (Lipinski definition) is 4. The largest absolute Gasteiger partial charge is 0.381 e. The SMILES string of the molecule is CCCn1cc(S(=O)(=O)NCCc2ccccc2)c(N)n1. The Morgan fingerprint density at radius 3 is 2.67 bits per heavy atom. The Bertz CT molecular complexity index is 680. The molecule has 0 spiro atoms. The maximum absolute atomic E-state index is 12.2. The van der Waals surface area contributed by atoms with Crippen LogP contribution in [0.25, 0.3) is 0 Å². The standard InChI is InChI=1S/C14H20N4O2S/c1-2-10-18-11-13(14(15)17-18)21(19,20)16-9-8-12-6-4-3-5-7-12/h3-7,11,16H,2,8-10H2,1H3,(H2,15,17). The van der Waals surface area contributed by atoms with Gasteiger partial charge in [-0.3, -0.25) is 4.68 Å². The number of benzene rings is 1. The van der Waals surface area contributed by atoms with Crippen LogP contribution < -0.4 is 10.5 Å². The predicted molar refractivity (Wildman–Crippen MR) is 82.3 cm³/mol. The summed E-state index contributed by atoms with van der Waals surface area (Å²) >= 11 is 0. The van der Waals surface area contributed by atoms with Crippen LogP contribution in [-0.2, 0) is 23.0 Å². The van der Waals surface area contributed by atoms with Crippen molar-refractivity contribution >= 4 is 15.8 Å². The molecule has 0 saturated carbocycles. The smallest absolute Gasteiger partial charge is 0.245 e. The van der Waals surface area contributed by atoms with Crippen LogP contribution in [0.4, 0.5) is 5.82 Å². The number of aryl methyl sites for hydroxylation is 1. The molecule has 0 fully saturated rings. The molecule has 0 aliphatic carbocycles. The van der Waals surface area contributed by atoms with Crippen molar-refractivity contribution in [2.45, 2.75) is 31.2 Å². The van der Waals surface area contributed by atoms with Gasteiger partial charge in [0, 0.05) is 19.3 Å². The molecule has 7 heteroatoms. The third-order valence-corrected chi connectivity index (χ3v) is 4.52. The Hall–Kier alpha value is -1.86. The van der Waals surface area contributed by atoms with Crippen LogP contribution in [-0.4, -0.2) is 24.7 Å². The van der Waals surface area contributed by atoms with Gasteiger partial charge in [0.05, 0.1) is 0 Å². The fraction of sp³-hybridized carbons (Fsp3) is 0.357. The second kappa shape index (κ2) is 6.73. The lowest BCUT2D eigenvalue weighted by Crippen LogP contribution is -2.26. The Kier molecular flexibility index (Phi) is 4.98. The summed E-state index contributed by atoms with van der Waals surface area (Å²) in [4.78, 5) is 0.0454. The van der Waals surface area contributed by atoms with E-state index in [4.69, 9.17) is 5.73 Å². The molecule has 0 saturated heterocycles. The second-order valence-electron chi connectivity index (χ2n) is 4.78. The van der Waals surface area contributed by atoms with E-state index in [0.29, 0.717) is 19.5 Å². The van der Waals surface area contributed by atoms with Crippen LogP contribution in [0, 0.1) is 0 Å². The highest BCUT2D eigenvalue weighted by Gasteiger charge is 2.20. The fourth-order valence-corrected chi connectivity index (χ4v) is 3.12. The fourth-order valence-electron chi connectivity index (χ4n) is 2.02. The molecule has 114 valence electrons. The van der Waals surface area contributed by atoms with Crippen molar-refractivity contribution in [1.29, 1.82) is 0 Å². The van der Waals surface area contributed by atoms with Crippen LogP contribution in [0.15, 0.2) is 41.4 Å². The molecule has 0 amide bonds. The molecule has 0 radical (unpaired) electrons. The summed E-state index contributed by atoms with van der Waals surface area (Å²) in [6.45, 7) is 2.96. The number of nitrogens with two attached hydrogens (primary N) is 1. The summed E-state index contributed by atoms with van der Waals surface area (Å²) in [6.07, 6.45) is 2.97. The monoisotopic (exact) mass is 308 g/mol. The van der Waals surface area contributed by atoms with Gasteiger partial charge >= 0.3 is 0 Å². The van der Waals surface area contributed by atoms with E-state index in [9.17, 15) is 8.42 Å². The van der Waals surface area contributed by atoms with Gasteiger partial charge in [0.2, 0.25) is 10.0 Å². The van der Waals surface area contributed by atoms with Crippen LogP contribution in [0.3, 0.4) is 0 Å². The van der Waals surface area contributed by atoms with E-state index in [1.165, 1.54) is 6.20 Å². The highest BCUT2D eigenvalue weighted by atomic mass is 32.2. The van der Waals surface area contributed by atoms with Gasteiger partial charge < -0.3 is 5.73 Å². The summed E-state index contributed by atoms with van der Waals surface area (Å²) < 4.78 is 28.5. The van der Waals surface area contributed by atoms with Gasteiger partial charge in [-0.15, -0.1) is 0 Å². The van der Waals surface area contributed by atoms with Gasteiger partial charge in [0.15, 0.2) is 5.82 Å². The number of nitrogens with one attached hydrogen (secondary N) is 1. The molecule has 6 nitrogen and oxygen atoms in total. The maximum atomic E-state index is 12.2. The molecule has 3 N–H and O–H groups in total. The number of anilines is 1. The van der Waals surface area contributed by atoms with Crippen LogP contribution in [0.5, 0.6) is 0 Å². The third-order valence-electron chi connectivity index (χ3n) is 3.05. The summed E-state index contributed by atoms with van der Waals surface area (Å²) in [7, 11) is -3.62. The number of nitrogen functional groups attached to an aromatic ring is 1. The topological polar surface area (TPSA) is 90.0 Å². The van der Waals surface area contributed by atoms with Crippen molar-refractivity contribution in [1.82, 2.24) is 14.5 Å². The molecule has 0 atom stereocenters. The predicted octanol–water partition coefficient (Wildman–Crippen LogP) is 1.40. The van der Waals surface area contributed by atoms with Gasteiger partial charge in [0.25, 0.3) is 0 Å². The van der Waals surface area contributed by atoms with Gasteiger partial charge in [0.1, 0.15) is 4.90 Å². The van der Waals surface area contributed by atoms with E-state index in [-0.39, 0.29) is 10.7 Å². The minimum Gasteiger partial charge on any atom is -0.381 e. The minimum atomic E-state index is -3.62. The molecule has 2 rings (SSSR count). The highest BCUT2D eigenvalue weighted by Crippen LogP contribution is 2.16. The van der Waals surface area contributed by atoms with E-state index >= 15 is 0 Å². The zero-order valence-corrected chi connectivity index (χ0v) is 12.8. The van der Waals surface area contributed by atoms with Crippen LogP contribution in [0.2, 0.25) is 0 Å². The molecular weight excluding hydrogens is 288 g/mol. The van der Waals surface area contributed by atoms with Gasteiger partial charge in [-0.1, -0.05) is 37.3 Å². The van der Waals surface area contributed by atoms with Gasteiger partial charge in [-0.2, -0.15) is 5.10 Å². The van der Waals surface area contributed by atoms with E-state index in [1.807, 2.05) is 37.3 Å². The van der Waals surface area contributed by atoms with Crippen molar-refractivity contribution in [3.05, 3.63) is 42.1 Å². The Balaban J connectivity index is 2.01. The molecule has 1 heterocycles. The second-order valence-corrected chi connectivity index (χ2v) is 6.51. The van der Waals surface area contributed by atoms with Crippen LogP contribution >= 0.6 is 0 Å². The normalized spacial score (nSPS) is 11.7. The lowest BCUT2D eigenvalue weighted by atomic mass is 10.2. The summed E-state index contributed by atoms with van der Waals surface area (Å²) in [5.74, 6) is 0.0376. The summed E-state index contributed by atoms with van der Waals surface area (Å²) in [5, 5.41) is 4.01. The van der Waals surface area contributed by atoms with Crippen molar-refractivity contribution in [2.24, 2.45) is 0 Å². The molecule has 1 aromatic carbocycles. The Morgan fingerprint density at radius 2 is 2.00 bits per heavy atom. The van der Waals surface area contributed by atoms with Crippen LogP contribution in [0.1, 0.15) is 18.9 Å². The zero-order valence-electron chi connectivity index (χ0n) is 12.0. The minimum absolute atomic E-state index is 0.0376. The van der Waals surface area contributed by atoms with Crippen molar-refractivity contribution in [3.63, 3.8) is 0 Å². The molecule has 0 aliphatic rings. The number of rotatable bonds is 7. The first kappa shape index (κ1) is 15.5. The summed E-state index contributed by atoms with van der Waals surface area (Å²) in [6, 6.07) is 9.70. The molecule has 0 bridgehead atoms. The van der Waals surface area contributed by atoms with E-state index < -0.39 is 10.0 Å². The van der Waals surface area contributed by atoms with E-state index in [0.717, 1.165) is 12.0 Å². The van der Waals surface area contributed by atoms with E-state index in [2.05, 4.69) is 9.82 Å². The lowest BCUT2D eigenvalue weighted by Gasteiger charge is -2.05. The van der Waals surface area contributed by atoms with Gasteiger partial charge in [-0.25, -0.2) is 13.1 Å². The maximum Gasteiger partial charge on any atom is 0.245 e. The zero-order chi connectivity index (χ0) is 15.3. The molecule has 21 heavy (non-hydrogen) atoms. The molecule has 2 aromatic rings. The molecule has 0 aliphatic heterocycles. The summed E-state index contributed by atoms with van der Waals surface area (Å²) in [5.41, 5.74) is 6.77. The quantitative estimate of drug-likeness (QED) is 0.809. The number of sulfonamides is 1. The average Bonchev–Trinajstić information content (AvgIpc) is 2.82. The highest BCUT2D eigenvalue weighted by molar-refractivity contribution is 7.89. The number of hydrogen-bond donors (Lipinski definition) is 2.